The Balaban J connectivity index is 0.888. The second kappa shape index (κ2) is 7.67. The number of fused-ring (bicyclic) bond motifs is 1. The zero-order valence-corrected chi connectivity index (χ0v) is 19.6. The highest BCUT2D eigenvalue weighted by molar-refractivity contribution is 5.76. The Morgan fingerprint density at radius 2 is 1.89 bits per heavy atom. The summed E-state index contributed by atoms with van der Waals surface area (Å²) in [6.07, 6.45) is 8.24. The number of hydrogen-bond acceptors (Lipinski definition) is 5. The van der Waals surface area contributed by atoms with E-state index in [4.69, 9.17) is 4.74 Å². The molecule has 8 nitrogen and oxygen atoms in total. The molecule has 2 atom stereocenters. The number of rotatable bonds is 4. The largest absolute Gasteiger partial charge is 0.489 e. The van der Waals surface area contributed by atoms with Gasteiger partial charge in [0.1, 0.15) is 24.0 Å². The van der Waals surface area contributed by atoms with E-state index in [1.807, 2.05) is 22.2 Å². The predicted molar refractivity (Wildman–Crippen MR) is 123 cm³/mol. The summed E-state index contributed by atoms with van der Waals surface area (Å²) < 4.78 is 21.5. The van der Waals surface area contributed by atoms with Crippen LogP contribution in [0.2, 0.25) is 0 Å². The zero-order valence-electron chi connectivity index (χ0n) is 19.6. The lowest BCUT2D eigenvalue weighted by Gasteiger charge is -2.59. The van der Waals surface area contributed by atoms with E-state index in [1.165, 1.54) is 31.0 Å². The summed E-state index contributed by atoms with van der Waals surface area (Å²) in [5.41, 5.74) is 0.504. The van der Waals surface area contributed by atoms with Crippen LogP contribution in [0.4, 0.5) is 9.18 Å². The number of amides is 2. The van der Waals surface area contributed by atoms with Gasteiger partial charge in [0.15, 0.2) is 5.82 Å². The first-order valence-corrected chi connectivity index (χ1v) is 12.8. The number of ether oxygens (including phenoxy) is 1. The number of hydrogen-bond donors (Lipinski definition) is 0. The molecule has 3 saturated carbocycles. The van der Waals surface area contributed by atoms with Crippen molar-refractivity contribution in [1.29, 1.82) is 5.26 Å². The van der Waals surface area contributed by atoms with Crippen LogP contribution in [0.15, 0.2) is 24.5 Å². The molecule has 1 aromatic heterocycles. The zero-order chi connectivity index (χ0) is 23.7. The van der Waals surface area contributed by atoms with E-state index in [1.54, 1.807) is 0 Å². The topological polar surface area (TPSA) is 87.3 Å². The highest BCUT2D eigenvalue weighted by Crippen LogP contribution is 2.54. The van der Waals surface area contributed by atoms with Crippen molar-refractivity contribution in [2.45, 2.75) is 56.6 Å². The van der Waals surface area contributed by atoms with E-state index < -0.39 is 5.82 Å². The molecule has 35 heavy (non-hydrogen) atoms. The normalized spacial score (nSPS) is 29.0. The van der Waals surface area contributed by atoms with Crippen molar-refractivity contribution in [2.24, 2.45) is 17.3 Å². The Morgan fingerprint density at radius 3 is 2.57 bits per heavy atom. The van der Waals surface area contributed by atoms with Crippen molar-refractivity contribution >= 4 is 6.03 Å². The molecule has 3 aliphatic carbocycles. The van der Waals surface area contributed by atoms with E-state index in [2.05, 4.69) is 14.8 Å². The van der Waals surface area contributed by atoms with Crippen LogP contribution in [-0.4, -0.2) is 62.9 Å². The van der Waals surface area contributed by atoms with Gasteiger partial charge in [-0.3, -0.25) is 0 Å². The SMILES string of the molecule is N#Cc1cc(F)ccc1OC1CC2CN(C(=O)N3CC4(CC(n5cnc(C6CC6)n5)C4)C3)CC2C1. The van der Waals surface area contributed by atoms with Crippen molar-refractivity contribution in [3.05, 3.63) is 41.7 Å². The maximum absolute atomic E-state index is 13.4. The third kappa shape index (κ3) is 3.65. The van der Waals surface area contributed by atoms with Crippen molar-refractivity contribution in [2.75, 3.05) is 26.2 Å². The van der Waals surface area contributed by atoms with Crippen LogP contribution in [0.5, 0.6) is 5.75 Å². The van der Waals surface area contributed by atoms with Crippen LogP contribution in [0.1, 0.15) is 61.9 Å². The second-order valence-electron chi connectivity index (χ2n) is 11.4. The minimum Gasteiger partial charge on any atom is -0.489 e. The minimum absolute atomic E-state index is 0.0104. The quantitative estimate of drug-likeness (QED) is 0.671. The third-order valence-electron chi connectivity index (χ3n) is 8.84. The molecule has 9 heteroatoms. The Labute approximate surface area is 203 Å². The summed E-state index contributed by atoms with van der Waals surface area (Å²) in [6.45, 7) is 3.25. The molecule has 1 spiro atoms. The fourth-order valence-corrected chi connectivity index (χ4v) is 6.85. The summed E-state index contributed by atoms with van der Waals surface area (Å²) in [7, 11) is 0. The fraction of sp³-hybridized carbons (Fsp3) is 0.615. The molecular weight excluding hydrogens is 447 g/mol. The van der Waals surface area contributed by atoms with Gasteiger partial charge in [0.05, 0.1) is 17.7 Å². The molecule has 5 fully saturated rings. The van der Waals surface area contributed by atoms with Crippen LogP contribution in [0, 0.1) is 34.4 Å². The maximum Gasteiger partial charge on any atom is 0.320 e. The fourth-order valence-electron chi connectivity index (χ4n) is 6.85. The van der Waals surface area contributed by atoms with Crippen LogP contribution in [-0.2, 0) is 0 Å². The van der Waals surface area contributed by atoms with Gasteiger partial charge in [-0.25, -0.2) is 18.9 Å². The molecule has 7 rings (SSSR count). The van der Waals surface area contributed by atoms with Crippen LogP contribution >= 0.6 is 0 Å². The Hall–Kier alpha value is -3.15. The number of benzene rings is 1. The van der Waals surface area contributed by atoms with Crippen molar-refractivity contribution in [3.63, 3.8) is 0 Å². The Kier molecular flexibility index (Phi) is 4.64. The van der Waals surface area contributed by atoms with Gasteiger partial charge in [0, 0.05) is 37.5 Å². The van der Waals surface area contributed by atoms with E-state index in [-0.39, 0.29) is 23.1 Å². The minimum atomic E-state index is -0.433. The van der Waals surface area contributed by atoms with E-state index in [0.29, 0.717) is 29.5 Å². The molecule has 0 N–H and O–H groups in total. The van der Waals surface area contributed by atoms with Crippen LogP contribution in [0.25, 0.3) is 0 Å². The Morgan fingerprint density at radius 1 is 1.14 bits per heavy atom. The van der Waals surface area contributed by atoms with Gasteiger partial charge in [-0.05, 0) is 68.6 Å². The molecular formula is C26H29FN6O2. The number of nitriles is 1. The molecule has 0 bridgehead atoms. The standard InChI is InChI=1S/C26H29FN6O2/c27-20-3-4-23(17(5-20)10-28)35-22-6-18-11-31(12-19(18)7-22)25(34)32-13-26(14-32)8-21(9-26)33-15-29-24(30-33)16-1-2-16/h3-5,15-16,18-19,21-22H,1-2,6-9,11-14H2. The van der Waals surface area contributed by atoms with Gasteiger partial charge in [-0.2, -0.15) is 10.4 Å². The van der Waals surface area contributed by atoms with Gasteiger partial charge >= 0.3 is 6.03 Å². The monoisotopic (exact) mass is 476 g/mol. The first-order valence-electron chi connectivity index (χ1n) is 12.8. The van der Waals surface area contributed by atoms with Gasteiger partial charge < -0.3 is 14.5 Å². The van der Waals surface area contributed by atoms with Gasteiger partial charge in [0.2, 0.25) is 0 Å². The molecule has 2 unspecified atom stereocenters. The lowest BCUT2D eigenvalue weighted by atomic mass is 9.61. The summed E-state index contributed by atoms with van der Waals surface area (Å²) in [5.74, 6) is 2.45. The molecule has 2 aromatic rings. The molecule has 182 valence electrons. The summed E-state index contributed by atoms with van der Waals surface area (Å²) in [5, 5.41) is 13.9. The van der Waals surface area contributed by atoms with E-state index in [0.717, 1.165) is 57.7 Å². The molecule has 2 saturated heterocycles. The van der Waals surface area contributed by atoms with Gasteiger partial charge in [-0.1, -0.05) is 0 Å². The lowest BCUT2D eigenvalue weighted by Crippen LogP contribution is -2.65. The highest BCUT2D eigenvalue weighted by atomic mass is 19.1. The second-order valence-corrected chi connectivity index (χ2v) is 11.4. The molecule has 2 aliphatic heterocycles. The Bertz CT molecular complexity index is 1190. The molecule has 2 amide bonds. The van der Waals surface area contributed by atoms with Crippen molar-refractivity contribution in [1.82, 2.24) is 24.6 Å². The number of carbonyl (C=O) groups excluding carboxylic acids is 1. The number of nitrogens with zero attached hydrogens (tertiary/aromatic N) is 6. The molecule has 5 aliphatic rings. The van der Waals surface area contributed by atoms with Crippen molar-refractivity contribution < 1.29 is 13.9 Å². The number of halogens is 1. The number of carbonyl (C=O) groups is 1. The average Bonchev–Trinajstić information content (AvgIpc) is 3.20. The lowest BCUT2D eigenvalue weighted by molar-refractivity contribution is -0.0735. The maximum atomic E-state index is 13.4. The third-order valence-corrected chi connectivity index (χ3v) is 8.84. The van der Waals surface area contributed by atoms with Gasteiger partial charge in [-0.15, -0.1) is 0 Å². The average molecular weight is 477 g/mol. The molecule has 1 aromatic carbocycles. The summed E-state index contributed by atoms with van der Waals surface area (Å²) >= 11 is 0. The number of urea groups is 1. The van der Waals surface area contributed by atoms with Crippen molar-refractivity contribution in [3.8, 4) is 11.8 Å². The molecule has 0 radical (unpaired) electrons. The summed E-state index contributed by atoms with van der Waals surface area (Å²) in [4.78, 5) is 21.6. The number of aromatic nitrogens is 3. The highest BCUT2D eigenvalue weighted by Gasteiger charge is 2.56. The first-order chi connectivity index (χ1) is 17.0. The van der Waals surface area contributed by atoms with Gasteiger partial charge in [0.25, 0.3) is 0 Å². The van der Waals surface area contributed by atoms with E-state index >= 15 is 0 Å². The van der Waals surface area contributed by atoms with Crippen LogP contribution in [0.3, 0.4) is 0 Å². The van der Waals surface area contributed by atoms with E-state index in [9.17, 15) is 14.4 Å². The van der Waals surface area contributed by atoms with Crippen LogP contribution < -0.4 is 4.74 Å². The smallest absolute Gasteiger partial charge is 0.320 e. The molecule has 3 heterocycles. The summed E-state index contributed by atoms with van der Waals surface area (Å²) in [6, 6.07) is 6.70. The first kappa shape index (κ1) is 21.2. The number of likely N-dealkylation sites (tertiary alicyclic amines) is 2. The predicted octanol–water partition coefficient (Wildman–Crippen LogP) is 3.71.